The third-order valence-corrected chi connectivity index (χ3v) is 5.07. The minimum absolute atomic E-state index is 0.0695. The van der Waals surface area contributed by atoms with Crippen molar-refractivity contribution >= 4 is 21.4 Å². The molecule has 0 atom stereocenters. The summed E-state index contributed by atoms with van der Waals surface area (Å²) in [5, 5.41) is 20.2. The number of unbranched alkanes of at least 4 members (excludes halogenated alkanes) is 7. The number of nitrogens with one attached hydrogen (secondary N) is 1. The van der Waals surface area contributed by atoms with Gasteiger partial charge in [0, 0.05) is 0 Å². The Hall–Kier alpha value is -1.83. The zero-order valence-electron chi connectivity index (χ0n) is 14.0. The summed E-state index contributed by atoms with van der Waals surface area (Å²) in [4.78, 5) is 10.2. The third kappa shape index (κ3) is 7.63. The fraction of sp³-hybridized carbons (Fsp3) is 0.625. The van der Waals surface area contributed by atoms with Crippen LogP contribution in [0.15, 0.2) is 18.2 Å². The molecule has 7 nitrogen and oxygen atoms in total. The van der Waals surface area contributed by atoms with Crippen molar-refractivity contribution in [3.8, 4) is 5.75 Å². The minimum atomic E-state index is -3.64. The zero-order chi connectivity index (χ0) is 18.0. The number of benzene rings is 1. The molecule has 0 aromatic heterocycles. The van der Waals surface area contributed by atoms with Crippen LogP contribution in [0.1, 0.15) is 58.3 Å². The molecular weight excluding hydrogens is 332 g/mol. The van der Waals surface area contributed by atoms with Crippen LogP contribution in [0.3, 0.4) is 0 Å². The summed E-state index contributed by atoms with van der Waals surface area (Å²) < 4.78 is 26.3. The maximum absolute atomic E-state index is 12.0. The second kappa shape index (κ2) is 10.1. The molecule has 1 rings (SSSR count). The molecule has 24 heavy (non-hydrogen) atoms. The van der Waals surface area contributed by atoms with Gasteiger partial charge in [-0.1, -0.05) is 51.9 Å². The summed E-state index contributed by atoms with van der Waals surface area (Å²) in [7, 11) is -3.64. The van der Waals surface area contributed by atoms with Gasteiger partial charge in [-0.15, -0.1) is 0 Å². The summed E-state index contributed by atoms with van der Waals surface area (Å²) in [5.41, 5.74) is -0.591. The van der Waals surface area contributed by atoms with Gasteiger partial charge in [0.05, 0.1) is 16.7 Å². The number of sulfonamides is 1. The Kier molecular flexibility index (Phi) is 8.53. The molecule has 2 N–H and O–H groups in total. The van der Waals surface area contributed by atoms with Crippen molar-refractivity contribution in [3.63, 3.8) is 0 Å². The highest BCUT2D eigenvalue weighted by atomic mass is 32.2. The second-order valence-corrected chi connectivity index (χ2v) is 7.70. The molecule has 0 aliphatic heterocycles. The number of hydrogen-bond acceptors (Lipinski definition) is 5. The summed E-state index contributed by atoms with van der Waals surface area (Å²) in [6.45, 7) is 2.16. The number of nitro groups is 1. The molecule has 0 fully saturated rings. The van der Waals surface area contributed by atoms with Crippen molar-refractivity contribution in [1.82, 2.24) is 0 Å². The monoisotopic (exact) mass is 358 g/mol. The zero-order valence-corrected chi connectivity index (χ0v) is 14.8. The Morgan fingerprint density at radius 2 is 1.67 bits per heavy atom. The van der Waals surface area contributed by atoms with Gasteiger partial charge in [0.25, 0.3) is 5.69 Å². The molecule has 1 aromatic rings. The Morgan fingerprint density at radius 3 is 2.25 bits per heavy atom. The van der Waals surface area contributed by atoms with Gasteiger partial charge in [-0.25, -0.2) is 8.42 Å². The van der Waals surface area contributed by atoms with Crippen molar-refractivity contribution < 1.29 is 18.4 Å². The molecule has 0 amide bonds. The molecule has 0 aliphatic carbocycles. The molecule has 0 bridgehead atoms. The fourth-order valence-corrected chi connectivity index (χ4v) is 3.60. The third-order valence-electron chi connectivity index (χ3n) is 3.71. The Balaban J connectivity index is 2.43. The number of rotatable bonds is 12. The van der Waals surface area contributed by atoms with Crippen LogP contribution in [0.5, 0.6) is 5.75 Å². The van der Waals surface area contributed by atoms with Gasteiger partial charge < -0.3 is 5.11 Å². The minimum Gasteiger partial charge on any atom is -0.508 e. The summed E-state index contributed by atoms with van der Waals surface area (Å²) in [6, 6.07) is 3.33. The Labute approximate surface area is 143 Å². The van der Waals surface area contributed by atoms with Gasteiger partial charge >= 0.3 is 0 Å². The maximum Gasteiger partial charge on any atom is 0.296 e. The van der Waals surface area contributed by atoms with E-state index in [1.54, 1.807) is 0 Å². The molecule has 0 heterocycles. The molecule has 0 saturated heterocycles. The van der Waals surface area contributed by atoms with E-state index in [-0.39, 0.29) is 17.2 Å². The molecule has 0 saturated carbocycles. The highest BCUT2D eigenvalue weighted by Crippen LogP contribution is 2.29. The van der Waals surface area contributed by atoms with E-state index in [1.165, 1.54) is 37.8 Å². The molecule has 136 valence electrons. The van der Waals surface area contributed by atoms with Crippen LogP contribution < -0.4 is 4.72 Å². The first-order valence-corrected chi connectivity index (χ1v) is 9.99. The summed E-state index contributed by atoms with van der Waals surface area (Å²) in [6.07, 6.45) is 8.30. The normalized spacial score (nSPS) is 11.4. The lowest BCUT2D eigenvalue weighted by Crippen LogP contribution is -2.17. The molecule has 0 spiro atoms. The lowest BCUT2D eigenvalue weighted by molar-refractivity contribution is -0.384. The number of phenolic OH excluding ortho intramolecular Hbond substituents is 1. The lowest BCUT2D eigenvalue weighted by Gasteiger charge is -2.08. The van der Waals surface area contributed by atoms with Crippen molar-refractivity contribution in [3.05, 3.63) is 28.3 Å². The second-order valence-electron chi connectivity index (χ2n) is 5.85. The number of anilines is 1. The molecule has 8 heteroatoms. The van der Waals surface area contributed by atoms with Crippen molar-refractivity contribution in [1.29, 1.82) is 0 Å². The maximum atomic E-state index is 12.0. The summed E-state index contributed by atoms with van der Waals surface area (Å²) >= 11 is 0. The van der Waals surface area contributed by atoms with Crippen molar-refractivity contribution in [2.24, 2.45) is 0 Å². The van der Waals surface area contributed by atoms with Crippen LogP contribution in [0.2, 0.25) is 0 Å². The van der Waals surface area contributed by atoms with Gasteiger partial charge in [-0.05, 0) is 18.6 Å². The highest BCUT2D eigenvalue weighted by Gasteiger charge is 2.19. The molecule has 0 aliphatic rings. The first-order valence-electron chi connectivity index (χ1n) is 8.33. The number of hydrogen-bond donors (Lipinski definition) is 2. The number of phenols is 1. The Bertz CT molecular complexity index is 631. The van der Waals surface area contributed by atoms with Gasteiger partial charge in [-0.3, -0.25) is 14.8 Å². The van der Waals surface area contributed by atoms with Crippen LogP contribution in [0.25, 0.3) is 0 Å². The van der Waals surface area contributed by atoms with Crippen LogP contribution in [0, 0.1) is 10.1 Å². The number of nitro benzene ring substituents is 1. The van der Waals surface area contributed by atoms with Gasteiger partial charge in [0.2, 0.25) is 10.0 Å². The molecule has 0 radical (unpaired) electrons. The van der Waals surface area contributed by atoms with Crippen molar-refractivity contribution in [2.75, 3.05) is 10.5 Å². The van der Waals surface area contributed by atoms with Gasteiger partial charge in [-0.2, -0.15) is 0 Å². The van der Waals surface area contributed by atoms with E-state index in [9.17, 15) is 23.6 Å². The standard InChI is InChI=1S/C16H26N2O5S/c1-2-3-4-5-6-7-8-9-12-24(22,23)17-15-11-10-14(19)13-16(15)18(20)21/h10-11,13,17,19H,2-9,12H2,1H3. The van der Waals surface area contributed by atoms with E-state index in [4.69, 9.17) is 0 Å². The van der Waals surface area contributed by atoms with E-state index < -0.39 is 20.6 Å². The molecule has 0 unspecified atom stereocenters. The van der Waals surface area contributed by atoms with Crippen LogP contribution in [0.4, 0.5) is 11.4 Å². The van der Waals surface area contributed by atoms with E-state index >= 15 is 0 Å². The fourth-order valence-electron chi connectivity index (χ4n) is 2.40. The summed E-state index contributed by atoms with van der Waals surface area (Å²) in [5.74, 6) is -0.354. The van der Waals surface area contributed by atoms with E-state index in [0.717, 1.165) is 25.3 Å². The Morgan fingerprint density at radius 1 is 1.08 bits per heavy atom. The van der Waals surface area contributed by atoms with E-state index in [1.807, 2.05) is 0 Å². The lowest BCUT2D eigenvalue weighted by atomic mass is 10.1. The molecular formula is C16H26N2O5S. The van der Waals surface area contributed by atoms with Crippen molar-refractivity contribution in [2.45, 2.75) is 58.3 Å². The van der Waals surface area contributed by atoms with Crippen LogP contribution in [-0.2, 0) is 10.0 Å². The number of nitrogens with zero attached hydrogens (tertiary/aromatic N) is 1. The van der Waals surface area contributed by atoms with Crippen LogP contribution >= 0.6 is 0 Å². The highest BCUT2D eigenvalue weighted by molar-refractivity contribution is 7.92. The first kappa shape index (κ1) is 20.2. The van der Waals surface area contributed by atoms with Gasteiger partial charge in [0.15, 0.2) is 0 Å². The largest absolute Gasteiger partial charge is 0.508 e. The quantitative estimate of drug-likeness (QED) is 0.252. The van der Waals surface area contributed by atoms with E-state index in [2.05, 4.69) is 11.6 Å². The molecule has 1 aromatic carbocycles. The number of aromatic hydroxyl groups is 1. The van der Waals surface area contributed by atoms with Gasteiger partial charge in [0.1, 0.15) is 11.4 Å². The predicted molar refractivity (Wildman–Crippen MR) is 94.8 cm³/mol. The van der Waals surface area contributed by atoms with E-state index in [0.29, 0.717) is 6.42 Å². The average molecular weight is 358 g/mol. The first-order chi connectivity index (χ1) is 11.4. The predicted octanol–water partition coefficient (Wildman–Crippen LogP) is 4.18. The average Bonchev–Trinajstić information content (AvgIpc) is 2.51. The van der Waals surface area contributed by atoms with Crippen LogP contribution in [-0.4, -0.2) is 24.2 Å². The smallest absolute Gasteiger partial charge is 0.296 e. The SMILES string of the molecule is CCCCCCCCCCS(=O)(=O)Nc1ccc(O)cc1[N+](=O)[O-]. The topological polar surface area (TPSA) is 110 Å².